The van der Waals surface area contributed by atoms with Crippen LogP contribution in [0.1, 0.15) is 52.9 Å². The van der Waals surface area contributed by atoms with Gasteiger partial charge in [0, 0.05) is 0 Å². The third-order valence-electron chi connectivity index (χ3n) is 3.39. The highest BCUT2D eigenvalue weighted by Gasteiger charge is 2.27. The lowest BCUT2D eigenvalue weighted by molar-refractivity contribution is -0.152. The molecular weight excluding hydrogens is 202 g/mol. The maximum atomic E-state index is 11.9. The second kappa shape index (κ2) is 6.89. The van der Waals surface area contributed by atoms with Gasteiger partial charge in [-0.2, -0.15) is 0 Å². The molecule has 0 amide bonds. The summed E-state index contributed by atoms with van der Waals surface area (Å²) in [5.41, 5.74) is 0. The Labute approximate surface area is 98.9 Å². The molecule has 0 radical (unpaired) electrons. The van der Waals surface area contributed by atoms with E-state index in [4.69, 9.17) is 4.74 Å². The van der Waals surface area contributed by atoms with Gasteiger partial charge in [0.25, 0.3) is 0 Å². The molecule has 1 aliphatic rings. The average molecular weight is 227 g/mol. The van der Waals surface area contributed by atoms with Crippen LogP contribution in [0, 0.1) is 5.92 Å². The van der Waals surface area contributed by atoms with E-state index in [1.807, 2.05) is 6.92 Å². The monoisotopic (exact) mass is 227 g/mol. The number of ether oxygens (including phenoxy) is 1. The Balaban J connectivity index is 2.35. The largest absolute Gasteiger partial charge is 0.462 e. The SMILES string of the molecule is CCCC(C)OC(=O)C1CC(CC)CCN1. The molecule has 1 rings (SSSR count). The molecule has 0 spiro atoms. The van der Waals surface area contributed by atoms with Crippen LogP contribution in [-0.4, -0.2) is 24.7 Å². The molecule has 3 unspecified atom stereocenters. The van der Waals surface area contributed by atoms with Gasteiger partial charge in [-0.3, -0.25) is 4.79 Å². The molecule has 0 aromatic carbocycles. The molecule has 1 saturated heterocycles. The number of rotatable bonds is 5. The van der Waals surface area contributed by atoms with Crippen LogP contribution in [0.4, 0.5) is 0 Å². The molecule has 1 fully saturated rings. The Kier molecular flexibility index (Phi) is 5.81. The zero-order chi connectivity index (χ0) is 12.0. The predicted molar refractivity (Wildman–Crippen MR) is 65.3 cm³/mol. The fraction of sp³-hybridized carbons (Fsp3) is 0.923. The highest BCUT2D eigenvalue weighted by molar-refractivity contribution is 5.76. The van der Waals surface area contributed by atoms with Gasteiger partial charge in [-0.25, -0.2) is 0 Å². The summed E-state index contributed by atoms with van der Waals surface area (Å²) < 4.78 is 5.42. The third-order valence-corrected chi connectivity index (χ3v) is 3.39. The van der Waals surface area contributed by atoms with E-state index in [9.17, 15) is 4.79 Å². The second-order valence-corrected chi connectivity index (χ2v) is 4.84. The van der Waals surface area contributed by atoms with Crippen molar-refractivity contribution in [2.75, 3.05) is 6.54 Å². The molecular formula is C13H25NO2. The number of esters is 1. The van der Waals surface area contributed by atoms with Crippen LogP contribution in [0.15, 0.2) is 0 Å². The van der Waals surface area contributed by atoms with Gasteiger partial charge < -0.3 is 10.1 Å². The van der Waals surface area contributed by atoms with E-state index in [1.165, 1.54) is 6.42 Å². The Morgan fingerprint density at radius 2 is 2.25 bits per heavy atom. The quantitative estimate of drug-likeness (QED) is 0.733. The van der Waals surface area contributed by atoms with Crippen molar-refractivity contribution in [3.63, 3.8) is 0 Å². The molecule has 0 aromatic rings. The van der Waals surface area contributed by atoms with Crippen molar-refractivity contribution in [3.8, 4) is 0 Å². The highest BCUT2D eigenvalue weighted by atomic mass is 16.5. The number of carbonyl (C=O) groups excluding carboxylic acids is 1. The van der Waals surface area contributed by atoms with E-state index >= 15 is 0 Å². The van der Waals surface area contributed by atoms with E-state index in [1.54, 1.807) is 0 Å². The summed E-state index contributed by atoms with van der Waals surface area (Å²) in [7, 11) is 0. The van der Waals surface area contributed by atoms with Crippen LogP contribution in [0.2, 0.25) is 0 Å². The maximum absolute atomic E-state index is 11.9. The molecule has 3 nitrogen and oxygen atoms in total. The minimum Gasteiger partial charge on any atom is -0.462 e. The first-order valence-electron chi connectivity index (χ1n) is 6.61. The van der Waals surface area contributed by atoms with Crippen LogP contribution < -0.4 is 5.32 Å². The number of piperidine rings is 1. The Morgan fingerprint density at radius 3 is 2.88 bits per heavy atom. The Morgan fingerprint density at radius 1 is 1.50 bits per heavy atom. The van der Waals surface area contributed by atoms with Gasteiger partial charge in [-0.15, -0.1) is 0 Å². The first-order valence-corrected chi connectivity index (χ1v) is 6.61. The lowest BCUT2D eigenvalue weighted by Gasteiger charge is -2.29. The first-order chi connectivity index (χ1) is 7.67. The van der Waals surface area contributed by atoms with Crippen molar-refractivity contribution in [1.82, 2.24) is 5.32 Å². The minimum atomic E-state index is -0.0713. The van der Waals surface area contributed by atoms with Crippen molar-refractivity contribution in [2.24, 2.45) is 5.92 Å². The summed E-state index contributed by atoms with van der Waals surface area (Å²) in [4.78, 5) is 11.9. The van der Waals surface area contributed by atoms with Gasteiger partial charge in [0.05, 0.1) is 6.10 Å². The summed E-state index contributed by atoms with van der Waals surface area (Å²) >= 11 is 0. The smallest absolute Gasteiger partial charge is 0.323 e. The molecule has 0 aromatic heterocycles. The molecule has 1 N–H and O–H groups in total. The summed E-state index contributed by atoms with van der Waals surface area (Å²) in [5, 5.41) is 3.26. The Bertz CT molecular complexity index is 218. The van der Waals surface area contributed by atoms with E-state index < -0.39 is 0 Å². The normalized spacial score (nSPS) is 27.4. The van der Waals surface area contributed by atoms with Crippen LogP contribution in [0.3, 0.4) is 0 Å². The van der Waals surface area contributed by atoms with Crippen LogP contribution in [0.25, 0.3) is 0 Å². The fourth-order valence-electron chi connectivity index (χ4n) is 2.29. The molecule has 1 aliphatic heterocycles. The third kappa shape index (κ3) is 4.12. The van der Waals surface area contributed by atoms with E-state index in [-0.39, 0.29) is 18.1 Å². The van der Waals surface area contributed by atoms with Crippen molar-refractivity contribution in [1.29, 1.82) is 0 Å². The van der Waals surface area contributed by atoms with Crippen molar-refractivity contribution in [3.05, 3.63) is 0 Å². The van der Waals surface area contributed by atoms with E-state index in [0.717, 1.165) is 32.2 Å². The van der Waals surface area contributed by atoms with E-state index in [0.29, 0.717) is 5.92 Å². The lowest BCUT2D eigenvalue weighted by atomic mass is 9.90. The van der Waals surface area contributed by atoms with Gasteiger partial charge in [-0.1, -0.05) is 26.7 Å². The number of carbonyl (C=O) groups is 1. The molecule has 1 heterocycles. The minimum absolute atomic E-state index is 0.0564. The summed E-state index contributed by atoms with van der Waals surface area (Å²) in [6.45, 7) is 7.22. The van der Waals surface area contributed by atoms with Crippen LogP contribution in [0.5, 0.6) is 0 Å². The van der Waals surface area contributed by atoms with Crippen molar-refractivity contribution >= 4 is 5.97 Å². The summed E-state index contributed by atoms with van der Waals surface area (Å²) in [6, 6.07) is -0.0713. The van der Waals surface area contributed by atoms with Crippen molar-refractivity contribution < 1.29 is 9.53 Å². The summed E-state index contributed by atoms with van der Waals surface area (Å²) in [5.74, 6) is 0.624. The topological polar surface area (TPSA) is 38.3 Å². The zero-order valence-electron chi connectivity index (χ0n) is 10.8. The van der Waals surface area contributed by atoms with Gasteiger partial charge in [0.1, 0.15) is 6.04 Å². The molecule has 0 aliphatic carbocycles. The average Bonchev–Trinajstić information content (AvgIpc) is 2.29. The summed E-state index contributed by atoms with van der Waals surface area (Å²) in [6.07, 6.45) is 5.36. The Hall–Kier alpha value is -0.570. The second-order valence-electron chi connectivity index (χ2n) is 4.84. The van der Waals surface area contributed by atoms with Crippen molar-refractivity contribution in [2.45, 2.75) is 65.0 Å². The lowest BCUT2D eigenvalue weighted by Crippen LogP contribution is -2.45. The van der Waals surface area contributed by atoms with Crippen LogP contribution >= 0.6 is 0 Å². The standard InChI is InChI=1S/C13H25NO2/c1-4-6-10(3)16-13(15)12-9-11(5-2)7-8-14-12/h10-12,14H,4-9H2,1-3H3. The number of hydrogen-bond acceptors (Lipinski definition) is 3. The fourth-order valence-corrected chi connectivity index (χ4v) is 2.29. The van der Waals surface area contributed by atoms with E-state index in [2.05, 4.69) is 19.2 Å². The molecule has 94 valence electrons. The van der Waals surface area contributed by atoms with Gasteiger partial charge in [0.2, 0.25) is 0 Å². The highest BCUT2D eigenvalue weighted by Crippen LogP contribution is 2.20. The van der Waals surface area contributed by atoms with Gasteiger partial charge in [0.15, 0.2) is 0 Å². The van der Waals surface area contributed by atoms with Gasteiger partial charge in [-0.05, 0) is 38.6 Å². The maximum Gasteiger partial charge on any atom is 0.323 e. The first kappa shape index (κ1) is 13.5. The van der Waals surface area contributed by atoms with Crippen LogP contribution in [-0.2, 0) is 9.53 Å². The molecule has 0 saturated carbocycles. The van der Waals surface area contributed by atoms with Gasteiger partial charge >= 0.3 is 5.97 Å². The molecule has 3 heteroatoms. The molecule has 0 bridgehead atoms. The number of nitrogens with one attached hydrogen (secondary N) is 1. The molecule has 3 atom stereocenters. The zero-order valence-corrected chi connectivity index (χ0v) is 10.8. The predicted octanol–water partition coefficient (Wildman–Crippen LogP) is 2.50. The number of hydrogen-bond donors (Lipinski definition) is 1. The molecule has 16 heavy (non-hydrogen) atoms.